The highest BCUT2D eigenvalue weighted by Crippen LogP contribution is 2.38. The van der Waals surface area contributed by atoms with Gasteiger partial charge in [0, 0.05) is 24.8 Å². The van der Waals surface area contributed by atoms with Gasteiger partial charge in [-0.25, -0.2) is 4.98 Å². The predicted octanol–water partition coefficient (Wildman–Crippen LogP) is 4.16. The van der Waals surface area contributed by atoms with Crippen LogP contribution in [-0.2, 0) is 6.54 Å². The van der Waals surface area contributed by atoms with Gasteiger partial charge in [-0.2, -0.15) is 0 Å². The Morgan fingerprint density at radius 2 is 2.00 bits per heavy atom. The standard InChI is InChI=1S/C17H31N3/c1-13(2)20-12-18-10-14(20)11-19-16-9-7-6-8-15(16)17(3,4)5/h10,12-13,15-16,19H,6-9,11H2,1-5H3. The van der Waals surface area contributed by atoms with E-state index in [0.29, 0.717) is 17.5 Å². The van der Waals surface area contributed by atoms with Crippen molar-refractivity contribution < 1.29 is 0 Å². The van der Waals surface area contributed by atoms with Crippen molar-refractivity contribution in [1.29, 1.82) is 0 Å². The molecule has 1 saturated carbocycles. The number of hydrogen-bond donors (Lipinski definition) is 1. The monoisotopic (exact) mass is 277 g/mol. The van der Waals surface area contributed by atoms with E-state index in [0.717, 1.165) is 12.5 Å². The Balaban J connectivity index is 1.99. The lowest BCUT2D eigenvalue weighted by Crippen LogP contribution is -2.44. The molecule has 2 atom stereocenters. The minimum Gasteiger partial charge on any atom is -0.331 e. The largest absolute Gasteiger partial charge is 0.331 e. The maximum atomic E-state index is 4.30. The molecule has 0 aliphatic heterocycles. The summed E-state index contributed by atoms with van der Waals surface area (Å²) in [5.74, 6) is 0.784. The molecule has 3 nitrogen and oxygen atoms in total. The minimum atomic E-state index is 0.399. The molecule has 0 aromatic carbocycles. The van der Waals surface area contributed by atoms with Crippen LogP contribution in [0.25, 0.3) is 0 Å². The maximum absolute atomic E-state index is 4.30. The second kappa shape index (κ2) is 6.30. The molecule has 1 fully saturated rings. The zero-order valence-electron chi connectivity index (χ0n) is 13.8. The van der Waals surface area contributed by atoms with Crippen LogP contribution in [0.3, 0.4) is 0 Å². The Morgan fingerprint density at radius 1 is 1.30 bits per heavy atom. The second-order valence-electron chi connectivity index (χ2n) is 7.63. The summed E-state index contributed by atoms with van der Waals surface area (Å²) in [5, 5.41) is 3.82. The third-order valence-electron chi connectivity index (χ3n) is 4.73. The van der Waals surface area contributed by atoms with Crippen molar-refractivity contribution in [3.8, 4) is 0 Å². The third kappa shape index (κ3) is 3.63. The summed E-state index contributed by atoms with van der Waals surface area (Å²) in [6.07, 6.45) is 9.39. The number of aromatic nitrogens is 2. The highest BCUT2D eigenvalue weighted by Gasteiger charge is 2.33. The van der Waals surface area contributed by atoms with Gasteiger partial charge >= 0.3 is 0 Å². The Labute approximate surface area is 124 Å². The van der Waals surface area contributed by atoms with Crippen LogP contribution >= 0.6 is 0 Å². The molecule has 0 spiro atoms. The van der Waals surface area contributed by atoms with Crippen LogP contribution in [0.15, 0.2) is 12.5 Å². The van der Waals surface area contributed by atoms with Crippen LogP contribution in [0.1, 0.15) is 72.0 Å². The van der Waals surface area contributed by atoms with Crippen molar-refractivity contribution in [2.24, 2.45) is 11.3 Å². The lowest BCUT2D eigenvalue weighted by atomic mass is 9.69. The molecule has 20 heavy (non-hydrogen) atoms. The van der Waals surface area contributed by atoms with Crippen molar-refractivity contribution in [1.82, 2.24) is 14.9 Å². The molecular formula is C17H31N3. The third-order valence-corrected chi connectivity index (χ3v) is 4.73. The molecule has 1 aromatic rings. The summed E-state index contributed by atoms with van der Waals surface area (Å²) < 4.78 is 2.27. The van der Waals surface area contributed by atoms with E-state index < -0.39 is 0 Å². The van der Waals surface area contributed by atoms with Crippen LogP contribution in [0, 0.1) is 11.3 Å². The van der Waals surface area contributed by atoms with Crippen molar-refractivity contribution in [2.75, 3.05) is 0 Å². The zero-order valence-corrected chi connectivity index (χ0v) is 13.8. The normalized spacial score (nSPS) is 24.3. The van der Waals surface area contributed by atoms with Gasteiger partial charge in [0.25, 0.3) is 0 Å². The maximum Gasteiger partial charge on any atom is 0.0951 e. The quantitative estimate of drug-likeness (QED) is 0.895. The van der Waals surface area contributed by atoms with Gasteiger partial charge < -0.3 is 9.88 Å². The van der Waals surface area contributed by atoms with E-state index in [9.17, 15) is 0 Å². The highest BCUT2D eigenvalue weighted by molar-refractivity contribution is 5.00. The first-order chi connectivity index (χ1) is 9.39. The molecule has 2 unspecified atom stereocenters. The Bertz CT molecular complexity index is 414. The lowest BCUT2D eigenvalue weighted by Gasteiger charge is -2.41. The number of nitrogens with zero attached hydrogens (tertiary/aromatic N) is 2. The van der Waals surface area contributed by atoms with Gasteiger partial charge in [0.15, 0.2) is 0 Å². The molecule has 1 N–H and O–H groups in total. The Morgan fingerprint density at radius 3 is 2.65 bits per heavy atom. The molecule has 1 aliphatic rings. The molecule has 114 valence electrons. The number of rotatable bonds is 4. The lowest BCUT2D eigenvalue weighted by molar-refractivity contribution is 0.129. The molecule has 0 saturated heterocycles. The van der Waals surface area contributed by atoms with Crippen LogP contribution in [0.4, 0.5) is 0 Å². The summed E-state index contributed by atoms with van der Waals surface area (Å²) in [6.45, 7) is 12.5. The van der Waals surface area contributed by atoms with Gasteiger partial charge in [0.1, 0.15) is 0 Å². The minimum absolute atomic E-state index is 0.399. The predicted molar refractivity (Wildman–Crippen MR) is 84.7 cm³/mol. The van der Waals surface area contributed by atoms with E-state index in [-0.39, 0.29) is 0 Å². The van der Waals surface area contributed by atoms with Crippen molar-refractivity contribution >= 4 is 0 Å². The number of imidazole rings is 1. The summed E-state index contributed by atoms with van der Waals surface area (Å²) in [7, 11) is 0. The van der Waals surface area contributed by atoms with Crippen LogP contribution in [-0.4, -0.2) is 15.6 Å². The molecule has 1 aromatic heterocycles. The van der Waals surface area contributed by atoms with Crippen LogP contribution < -0.4 is 5.32 Å². The van der Waals surface area contributed by atoms with E-state index in [1.807, 2.05) is 12.5 Å². The zero-order chi connectivity index (χ0) is 14.8. The van der Waals surface area contributed by atoms with Gasteiger partial charge in [-0.15, -0.1) is 0 Å². The first kappa shape index (κ1) is 15.6. The van der Waals surface area contributed by atoms with Gasteiger partial charge in [0.05, 0.1) is 12.0 Å². The fourth-order valence-corrected chi connectivity index (χ4v) is 3.58. The van der Waals surface area contributed by atoms with E-state index in [1.165, 1.54) is 31.4 Å². The molecule has 1 aliphatic carbocycles. The SMILES string of the molecule is CC(C)n1cncc1CNC1CCCCC1C(C)(C)C. The summed E-state index contributed by atoms with van der Waals surface area (Å²) in [5.41, 5.74) is 1.70. The molecule has 2 rings (SSSR count). The molecular weight excluding hydrogens is 246 g/mol. The van der Waals surface area contributed by atoms with Crippen LogP contribution in [0.5, 0.6) is 0 Å². The summed E-state index contributed by atoms with van der Waals surface area (Å²) >= 11 is 0. The van der Waals surface area contributed by atoms with Crippen molar-refractivity contribution in [3.63, 3.8) is 0 Å². The van der Waals surface area contributed by atoms with Crippen molar-refractivity contribution in [3.05, 3.63) is 18.2 Å². The fraction of sp³-hybridized carbons (Fsp3) is 0.824. The first-order valence-electron chi connectivity index (χ1n) is 8.13. The number of hydrogen-bond acceptors (Lipinski definition) is 2. The van der Waals surface area contributed by atoms with E-state index >= 15 is 0 Å². The van der Waals surface area contributed by atoms with Gasteiger partial charge in [-0.1, -0.05) is 33.6 Å². The van der Waals surface area contributed by atoms with E-state index in [4.69, 9.17) is 0 Å². The Kier molecular flexibility index (Phi) is 4.90. The van der Waals surface area contributed by atoms with Gasteiger partial charge in [-0.05, 0) is 38.0 Å². The highest BCUT2D eigenvalue weighted by atomic mass is 15.1. The topological polar surface area (TPSA) is 29.9 Å². The van der Waals surface area contributed by atoms with E-state index in [2.05, 4.69) is 49.5 Å². The second-order valence-corrected chi connectivity index (χ2v) is 7.63. The molecule has 1 heterocycles. The summed E-state index contributed by atoms with van der Waals surface area (Å²) in [4.78, 5) is 4.30. The van der Waals surface area contributed by atoms with Crippen LogP contribution in [0.2, 0.25) is 0 Å². The fourth-order valence-electron chi connectivity index (χ4n) is 3.58. The smallest absolute Gasteiger partial charge is 0.0951 e. The number of nitrogens with one attached hydrogen (secondary N) is 1. The molecule has 3 heteroatoms. The molecule has 0 bridgehead atoms. The van der Waals surface area contributed by atoms with Gasteiger partial charge in [-0.3, -0.25) is 0 Å². The Hall–Kier alpha value is -0.830. The first-order valence-corrected chi connectivity index (χ1v) is 8.13. The molecule has 0 radical (unpaired) electrons. The van der Waals surface area contributed by atoms with Gasteiger partial charge in [0.2, 0.25) is 0 Å². The average molecular weight is 277 g/mol. The van der Waals surface area contributed by atoms with E-state index in [1.54, 1.807) is 0 Å². The van der Waals surface area contributed by atoms with Crippen molar-refractivity contribution in [2.45, 2.75) is 78.9 Å². The average Bonchev–Trinajstić information content (AvgIpc) is 2.84. The molecule has 0 amide bonds. The summed E-state index contributed by atoms with van der Waals surface area (Å²) in [6, 6.07) is 1.14.